The average molecular weight is 299 g/mol. The lowest BCUT2D eigenvalue weighted by Crippen LogP contribution is -2.45. The minimum atomic E-state index is 0.844. The van der Waals surface area contributed by atoms with Crippen molar-refractivity contribution in [2.75, 3.05) is 46.4 Å². The molecule has 0 bridgehead atoms. The molecule has 1 aliphatic heterocycles. The van der Waals surface area contributed by atoms with Gasteiger partial charge in [-0.1, -0.05) is 30.3 Å². The zero-order valence-electron chi connectivity index (χ0n) is 13.3. The van der Waals surface area contributed by atoms with E-state index in [1.807, 2.05) is 0 Å². The molecule has 1 saturated heterocycles. The molecule has 0 radical (unpaired) electrons. The Balaban J connectivity index is 1.62. The standard InChI is InChI=1S/C18H25N3O/c1-22-18-7-6-15-4-2-3-5-16(15)17(18)14-20-10-13-21-11-8-19-9-12-21/h2-7,19-20H,8-14H2,1H3. The van der Waals surface area contributed by atoms with E-state index in [2.05, 4.69) is 51.9 Å². The Morgan fingerprint density at radius 2 is 1.95 bits per heavy atom. The Morgan fingerprint density at radius 3 is 2.77 bits per heavy atom. The molecule has 4 nitrogen and oxygen atoms in total. The molecule has 0 aliphatic carbocycles. The third-order valence-electron chi connectivity index (χ3n) is 4.33. The number of hydrogen-bond acceptors (Lipinski definition) is 4. The summed E-state index contributed by atoms with van der Waals surface area (Å²) in [7, 11) is 1.74. The number of piperazine rings is 1. The van der Waals surface area contributed by atoms with Gasteiger partial charge in [-0.25, -0.2) is 0 Å². The summed E-state index contributed by atoms with van der Waals surface area (Å²) in [6, 6.07) is 12.7. The molecule has 118 valence electrons. The van der Waals surface area contributed by atoms with E-state index in [0.717, 1.165) is 51.6 Å². The SMILES string of the molecule is COc1ccc2ccccc2c1CNCCN1CCNCC1. The Bertz CT molecular complexity index is 608. The largest absolute Gasteiger partial charge is 0.496 e. The summed E-state index contributed by atoms with van der Waals surface area (Å²) in [6.45, 7) is 7.48. The minimum absolute atomic E-state index is 0.844. The van der Waals surface area contributed by atoms with Gasteiger partial charge in [-0.2, -0.15) is 0 Å². The third kappa shape index (κ3) is 3.58. The number of nitrogens with one attached hydrogen (secondary N) is 2. The maximum atomic E-state index is 5.54. The fraction of sp³-hybridized carbons (Fsp3) is 0.444. The van der Waals surface area contributed by atoms with Crippen molar-refractivity contribution in [3.05, 3.63) is 42.0 Å². The molecule has 1 fully saturated rings. The van der Waals surface area contributed by atoms with Gasteiger partial charge < -0.3 is 15.4 Å². The van der Waals surface area contributed by atoms with Gasteiger partial charge in [-0.3, -0.25) is 4.90 Å². The lowest BCUT2D eigenvalue weighted by molar-refractivity contribution is 0.241. The first-order valence-corrected chi connectivity index (χ1v) is 8.07. The van der Waals surface area contributed by atoms with E-state index in [1.54, 1.807) is 7.11 Å². The van der Waals surface area contributed by atoms with Crippen LogP contribution in [-0.2, 0) is 6.54 Å². The smallest absolute Gasteiger partial charge is 0.123 e. The van der Waals surface area contributed by atoms with Crippen LogP contribution in [-0.4, -0.2) is 51.3 Å². The topological polar surface area (TPSA) is 36.5 Å². The van der Waals surface area contributed by atoms with Gasteiger partial charge in [0.2, 0.25) is 0 Å². The molecule has 0 aromatic heterocycles. The quantitative estimate of drug-likeness (QED) is 0.798. The van der Waals surface area contributed by atoms with Gasteiger partial charge in [-0.15, -0.1) is 0 Å². The van der Waals surface area contributed by atoms with Crippen molar-refractivity contribution in [2.24, 2.45) is 0 Å². The van der Waals surface area contributed by atoms with Crippen molar-refractivity contribution in [3.8, 4) is 5.75 Å². The monoisotopic (exact) mass is 299 g/mol. The lowest BCUT2D eigenvalue weighted by Gasteiger charge is -2.27. The van der Waals surface area contributed by atoms with Crippen LogP contribution in [0, 0.1) is 0 Å². The van der Waals surface area contributed by atoms with Gasteiger partial charge in [0.25, 0.3) is 0 Å². The van der Waals surface area contributed by atoms with E-state index in [4.69, 9.17) is 4.74 Å². The fourth-order valence-corrected chi connectivity index (χ4v) is 3.07. The highest BCUT2D eigenvalue weighted by Gasteiger charge is 2.10. The van der Waals surface area contributed by atoms with Crippen molar-refractivity contribution in [1.82, 2.24) is 15.5 Å². The molecule has 4 heteroatoms. The number of fused-ring (bicyclic) bond motifs is 1. The molecule has 1 aliphatic rings. The molecule has 3 rings (SSSR count). The van der Waals surface area contributed by atoms with Crippen molar-refractivity contribution >= 4 is 10.8 Å². The van der Waals surface area contributed by atoms with Gasteiger partial charge in [0.05, 0.1) is 7.11 Å². The highest BCUT2D eigenvalue weighted by Crippen LogP contribution is 2.27. The normalized spacial score (nSPS) is 16.0. The van der Waals surface area contributed by atoms with E-state index >= 15 is 0 Å². The van der Waals surface area contributed by atoms with Crippen LogP contribution in [0.3, 0.4) is 0 Å². The summed E-state index contributed by atoms with van der Waals surface area (Å²) in [4.78, 5) is 2.50. The van der Waals surface area contributed by atoms with Crippen LogP contribution in [0.25, 0.3) is 10.8 Å². The molecule has 0 amide bonds. The molecule has 0 spiro atoms. The van der Waals surface area contributed by atoms with E-state index in [0.29, 0.717) is 0 Å². The van der Waals surface area contributed by atoms with Gasteiger partial charge in [-0.05, 0) is 16.8 Å². The highest BCUT2D eigenvalue weighted by molar-refractivity contribution is 5.87. The Kier molecular flexibility index (Phi) is 5.27. The summed E-state index contributed by atoms with van der Waals surface area (Å²) in [5, 5.41) is 9.50. The maximum absolute atomic E-state index is 5.54. The molecule has 0 saturated carbocycles. The molecule has 0 atom stereocenters. The highest BCUT2D eigenvalue weighted by atomic mass is 16.5. The van der Waals surface area contributed by atoms with Gasteiger partial charge in [0.15, 0.2) is 0 Å². The van der Waals surface area contributed by atoms with Crippen LogP contribution in [0.2, 0.25) is 0 Å². The van der Waals surface area contributed by atoms with E-state index in [9.17, 15) is 0 Å². The molecular weight excluding hydrogens is 274 g/mol. The Labute approximate surface area is 132 Å². The summed E-state index contributed by atoms with van der Waals surface area (Å²) < 4.78 is 5.54. The molecule has 2 aromatic carbocycles. The maximum Gasteiger partial charge on any atom is 0.123 e. The Morgan fingerprint density at radius 1 is 1.14 bits per heavy atom. The van der Waals surface area contributed by atoms with E-state index in [-0.39, 0.29) is 0 Å². The second-order valence-electron chi connectivity index (χ2n) is 5.74. The van der Waals surface area contributed by atoms with Crippen LogP contribution < -0.4 is 15.4 Å². The fourth-order valence-electron chi connectivity index (χ4n) is 3.07. The predicted molar refractivity (Wildman–Crippen MR) is 91.5 cm³/mol. The predicted octanol–water partition coefficient (Wildman–Crippen LogP) is 1.84. The summed E-state index contributed by atoms with van der Waals surface area (Å²) in [5.74, 6) is 0.966. The summed E-state index contributed by atoms with van der Waals surface area (Å²) in [6.07, 6.45) is 0. The second-order valence-corrected chi connectivity index (χ2v) is 5.74. The Hall–Kier alpha value is -1.62. The number of hydrogen-bond donors (Lipinski definition) is 2. The van der Waals surface area contributed by atoms with Crippen molar-refractivity contribution in [3.63, 3.8) is 0 Å². The van der Waals surface area contributed by atoms with Gasteiger partial charge >= 0.3 is 0 Å². The zero-order chi connectivity index (χ0) is 15.2. The van der Waals surface area contributed by atoms with Crippen LogP contribution in [0.5, 0.6) is 5.75 Å². The van der Waals surface area contributed by atoms with Gasteiger partial charge in [0.1, 0.15) is 5.75 Å². The minimum Gasteiger partial charge on any atom is -0.496 e. The van der Waals surface area contributed by atoms with E-state index < -0.39 is 0 Å². The zero-order valence-corrected chi connectivity index (χ0v) is 13.3. The first-order valence-electron chi connectivity index (χ1n) is 8.07. The molecular formula is C18H25N3O. The third-order valence-corrected chi connectivity index (χ3v) is 4.33. The first kappa shape index (κ1) is 15.3. The van der Waals surface area contributed by atoms with Crippen LogP contribution in [0.15, 0.2) is 36.4 Å². The number of rotatable bonds is 6. The molecule has 2 N–H and O–H groups in total. The molecule has 22 heavy (non-hydrogen) atoms. The van der Waals surface area contributed by atoms with Crippen molar-refractivity contribution in [2.45, 2.75) is 6.54 Å². The van der Waals surface area contributed by atoms with Crippen LogP contribution in [0.1, 0.15) is 5.56 Å². The van der Waals surface area contributed by atoms with Gasteiger partial charge in [0, 0.05) is 51.4 Å². The van der Waals surface area contributed by atoms with Crippen LogP contribution in [0.4, 0.5) is 0 Å². The number of ether oxygens (including phenoxy) is 1. The summed E-state index contributed by atoms with van der Waals surface area (Å²) in [5.41, 5.74) is 1.25. The van der Waals surface area contributed by atoms with Crippen molar-refractivity contribution < 1.29 is 4.74 Å². The molecule has 0 unspecified atom stereocenters. The van der Waals surface area contributed by atoms with E-state index in [1.165, 1.54) is 16.3 Å². The first-order chi connectivity index (χ1) is 10.9. The number of nitrogens with zero attached hydrogens (tertiary/aromatic N) is 1. The molecule has 2 aromatic rings. The van der Waals surface area contributed by atoms with Crippen LogP contribution >= 0.6 is 0 Å². The number of benzene rings is 2. The second kappa shape index (κ2) is 7.58. The summed E-state index contributed by atoms with van der Waals surface area (Å²) >= 11 is 0. The number of methoxy groups -OCH3 is 1. The lowest BCUT2D eigenvalue weighted by atomic mass is 10.0. The van der Waals surface area contributed by atoms with Crippen molar-refractivity contribution in [1.29, 1.82) is 0 Å². The average Bonchev–Trinajstić information content (AvgIpc) is 2.59. The molecule has 1 heterocycles.